The van der Waals surface area contributed by atoms with Gasteiger partial charge in [0, 0.05) is 0 Å². The van der Waals surface area contributed by atoms with Gasteiger partial charge in [0.15, 0.2) is 5.65 Å². The zero-order chi connectivity index (χ0) is 21.3. The number of hydrogen-bond donors (Lipinski definition) is 1. The molecule has 0 saturated carbocycles. The fourth-order valence-electron chi connectivity index (χ4n) is 3.34. The third-order valence-electron chi connectivity index (χ3n) is 4.86. The smallest absolute Gasteiger partial charge is 0.264 e. The summed E-state index contributed by atoms with van der Waals surface area (Å²) in [5.41, 5.74) is 2.60. The molecule has 1 atom stereocenters. The molecule has 30 heavy (non-hydrogen) atoms. The van der Waals surface area contributed by atoms with Crippen LogP contribution in [0.5, 0.6) is 5.75 Å². The van der Waals surface area contributed by atoms with Crippen molar-refractivity contribution >= 4 is 11.0 Å². The number of benzene rings is 2. The fourth-order valence-corrected chi connectivity index (χ4v) is 3.34. The molecule has 0 radical (unpaired) electrons. The maximum atomic E-state index is 13.2. The number of aliphatic hydroxyl groups is 1. The summed E-state index contributed by atoms with van der Waals surface area (Å²) in [4.78, 5) is 17.1. The Hall–Kier alpha value is -3.52. The van der Waals surface area contributed by atoms with Crippen LogP contribution in [0.25, 0.3) is 16.7 Å². The van der Waals surface area contributed by atoms with Crippen LogP contribution >= 0.6 is 0 Å². The first-order valence-corrected chi connectivity index (χ1v) is 9.50. The monoisotopic (exact) mass is 408 g/mol. The summed E-state index contributed by atoms with van der Waals surface area (Å²) in [5.74, 6) is 0.376. The number of fused-ring (bicyclic) bond motifs is 1. The first-order valence-electron chi connectivity index (χ1n) is 9.50. The highest BCUT2D eigenvalue weighted by Crippen LogP contribution is 2.22. The maximum Gasteiger partial charge on any atom is 0.264 e. The van der Waals surface area contributed by atoms with E-state index in [0.29, 0.717) is 16.7 Å². The molecule has 4 aromatic rings. The molecular weight excluding hydrogens is 387 g/mol. The Morgan fingerprint density at radius 3 is 2.53 bits per heavy atom. The van der Waals surface area contributed by atoms with Crippen molar-refractivity contribution in [1.29, 1.82) is 0 Å². The van der Waals surface area contributed by atoms with Gasteiger partial charge in [-0.1, -0.05) is 18.2 Å². The zero-order valence-electron chi connectivity index (χ0n) is 16.6. The van der Waals surface area contributed by atoms with Crippen molar-refractivity contribution in [2.24, 2.45) is 0 Å². The largest absolute Gasteiger partial charge is 0.490 e. The lowest BCUT2D eigenvalue weighted by molar-refractivity contribution is 0.0908. The van der Waals surface area contributed by atoms with Gasteiger partial charge in [-0.15, -0.1) is 0 Å². The lowest BCUT2D eigenvalue weighted by Crippen LogP contribution is -2.30. The van der Waals surface area contributed by atoms with Crippen LogP contribution in [0.2, 0.25) is 0 Å². The SMILES string of the molecule is Cc1cccc(C)c1OCC(O)Cn1cnc2c(cnn2-c2ccc(F)cc2)c1=O. The highest BCUT2D eigenvalue weighted by Gasteiger charge is 2.15. The lowest BCUT2D eigenvalue weighted by atomic mass is 10.1. The molecule has 1 N–H and O–H groups in total. The van der Waals surface area contributed by atoms with Crippen molar-refractivity contribution in [3.05, 3.63) is 82.3 Å². The number of ether oxygens (including phenoxy) is 1. The second-order valence-corrected chi connectivity index (χ2v) is 7.16. The second kappa shape index (κ2) is 8.08. The van der Waals surface area contributed by atoms with E-state index in [4.69, 9.17) is 4.74 Å². The second-order valence-electron chi connectivity index (χ2n) is 7.16. The number of aryl methyl sites for hydroxylation is 2. The Bertz CT molecular complexity index is 1230. The van der Waals surface area contributed by atoms with E-state index in [1.54, 1.807) is 12.1 Å². The normalized spacial score (nSPS) is 12.3. The molecule has 2 heterocycles. The molecule has 154 valence electrons. The van der Waals surface area contributed by atoms with Crippen LogP contribution < -0.4 is 10.3 Å². The predicted molar refractivity (Wildman–Crippen MR) is 111 cm³/mol. The Morgan fingerprint density at radius 2 is 1.83 bits per heavy atom. The van der Waals surface area contributed by atoms with E-state index >= 15 is 0 Å². The van der Waals surface area contributed by atoms with Crippen molar-refractivity contribution in [1.82, 2.24) is 19.3 Å². The Kier molecular flexibility index (Phi) is 5.33. The van der Waals surface area contributed by atoms with Crippen molar-refractivity contribution in [2.75, 3.05) is 6.61 Å². The molecular formula is C22H21FN4O3. The van der Waals surface area contributed by atoms with Gasteiger partial charge in [-0.3, -0.25) is 9.36 Å². The first kappa shape index (κ1) is 19.8. The van der Waals surface area contributed by atoms with Gasteiger partial charge in [0.2, 0.25) is 0 Å². The molecule has 2 aromatic carbocycles. The summed E-state index contributed by atoms with van der Waals surface area (Å²) in [7, 11) is 0. The van der Waals surface area contributed by atoms with Crippen LogP contribution in [-0.4, -0.2) is 37.1 Å². The Morgan fingerprint density at radius 1 is 1.13 bits per heavy atom. The average Bonchev–Trinajstić information content (AvgIpc) is 3.15. The maximum absolute atomic E-state index is 13.2. The minimum Gasteiger partial charge on any atom is -0.490 e. The molecule has 1 unspecified atom stereocenters. The molecule has 0 saturated heterocycles. The van der Waals surface area contributed by atoms with Crippen molar-refractivity contribution < 1.29 is 14.2 Å². The molecule has 0 spiro atoms. The molecule has 0 aliphatic rings. The Labute approximate surface area is 172 Å². The Balaban J connectivity index is 1.53. The number of hydrogen-bond acceptors (Lipinski definition) is 5. The van der Waals surface area contributed by atoms with Gasteiger partial charge in [-0.25, -0.2) is 14.1 Å². The van der Waals surface area contributed by atoms with Crippen LogP contribution in [0.4, 0.5) is 4.39 Å². The van der Waals surface area contributed by atoms with E-state index in [1.807, 2.05) is 32.0 Å². The summed E-state index contributed by atoms with van der Waals surface area (Å²) in [6.07, 6.45) is 1.90. The van der Waals surface area contributed by atoms with Crippen LogP contribution in [0.15, 0.2) is 59.8 Å². The van der Waals surface area contributed by atoms with Crippen molar-refractivity contribution in [3.8, 4) is 11.4 Å². The minimum atomic E-state index is -0.895. The number of aromatic nitrogens is 4. The van der Waals surface area contributed by atoms with E-state index in [-0.39, 0.29) is 24.5 Å². The van der Waals surface area contributed by atoms with E-state index in [0.717, 1.165) is 16.9 Å². The van der Waals surface area contributed by atoms with E-state index < -0.39 is 6.10 Å². The summed E-state index contributed by atoms with van der Waals surface area (Å²) in [6, 6.07) is 11.6. The predicted octanol–water partition coefficient (Wildman–Crippen LogP) is 2.78. The minimum absolute atomic E-state index is 0.0361. The lowest BCUT2D eigenvalue weighted by Gasteiger charge is -2.16. The quantitative estimate of drug-likeness (QED) is 0.531. The van der Waals surface area contributed by atoms with Gasteiger partial charge < -0.3 is 9.84 Å². The highest BCUT2D eigenvalue weighted by atomic mass is 19.1. The van der Waals surface area contributed by atoms with Crippen LogP contribution in [0.1, 0.15) is 11.1 Å². The van der Waals surface area contributed by atoms with E-state index in [1.165, 1.54) is 33.9 Å². The summed E-state index contributed by atoms with van der Waals surface area (Å²) in [5, 5.41) is 14.9. The highest BCUT2D eigenvalue weighted by molar-refractivity contribution is 5.74. The number of nitrogens with zero attached hydrogens (tertiary/aromatic N) is 4. The molecule has 8 heteroatoms. The van der Waals surface area contributed by atoms with Gasteiger partial charge in [-0.05, 0) is 49.2 Å². The first-order chi connectivity index (χ1) is 14.4. The third-order valence-corrected chi connectivity index (χ3v) is 4.86. The van der Waals surface area contributed by atoms with Crippen molar-refractivity contribution in [2.45, 2.75) is 26.5 Å². The van der Waals surface area contributed by atoms with Gasteiger partial charge in [0.25, 0.3) is 5.56 Å². The molecule has 0 fully saturated rings. The third kappa shape index (κ3) is 3.81. The zero-order valence-corrected chi connectivity index (χ0v) is 16.6. The summed E-state index contributed by atoms with van der Waals surface area (Å²) >= 11 is 0. The van der Waals surface area contributed by atoms with Gasteiger partial charge >= 0.3 is 0 Å². The van der Waals surface area contributed by atoms with E-state index in [9.17, 15) is 14.3 Å². The van der Waals surface area contributed by atoms with Crippen molar-refractivity contribution in [3.63, 3.8) is 0 Å². The van der Waals surface area contributed by atoms with Gasteiger partial charge in [0.1, 0.15) is 36.0 Å². The molecule has 7 nitrogen and oxygen atoms in total. The average molecular weight is 408 g/mol. The molecule has 0 amide bonds. The van der Waals surface area contributed by atoms with Crippen LogP contribution in [0, 0.1) is 19.7 Å². The molecule has 4 rings (SSSR count). The van der Waals surface area contributed by atoms with Gasteiger partial charge in [0.05, 0.1) is 18.4 Å². The van der Waals surface area contributed by atoms with Gasteiger partial charge in [-0.2, -0.15) is 5.10 Å². The molecule has 2 aromatic heterocycles. The number of aliphatic hydroxyl groups excluding tert-OH is 1. The molecule has 0 aliphatic heterocycles. The molecule has 0 aliphatic carbocycles. The molecule has 0 bridgehead atoms. The summed E-state index contributed by atoms with van der Waals surface area (Å²) < 4.78 is 21.7. The summed E-state index contributed by atoms with van der Waals surface area (Å²) in [6.45, 7) is 3.96. The van der Waals surface area contributed by atoms with Crippen LogP contribution in [0.3, 0.4) is 0 Å². The van der Waals surface area contributed by atoms with E-state index in [2.05, 4.69) is 10.1 Å². The topological polar surface area (TPSA) is 82.2 Å². The number of halogens is 1. The number of para-hydroxylation sites is 1. The fraction of sp³-hybridized carbons (Fsp3) is 0.227. The van der Waals surface area contributed by atoms with Crippen LogP contribution in [-0.2, 0) is 6.54 Å². The standard InChI is InChI=1S/C22H21FN4O3/c1-14-4-3-5-15(2)20(14)30-12-18(28)11-26-13-24-21-19(22(26)29)10-25-27(21)17-8-6-16(23)7-9-17/h3-10,13,18,28H,11-12H2,1-2H3. The number of rotatable bonds is 6.